The third-order valence-electron chi connectivity index (χ3n) is 6.93. The van der Waals surface area contributed by atoms with Gasteiger partial charge in [0, 0.05) is 34.4 Å². The highest BCUT2D eigenvalue weighted by atomic mass is 19.1. The van der Waals surface area contributed by atoms with Crippen LogP contribution < -0.4 is 16.0 Å². The Kier molecular flexibility index (Phi) is 7.29. The standard InChI is InChI=1S/C31H28FN5O3/c1-17-27(35-19(3)28(17)31(40)34-16-23-6-4-5-13-33-23)15-25-24-14-21(9-12-26(24)37-30(25)39)29(38)36-18(2)20-7-10-22(32)11-8-20/h4-15,18,35H,16H2,1-3H3,(H,34,40)(H,36,38)(H,37,39)/b25-15-/t18-/m1/s1. The Morgan fingerprint density at radius 2 is 1.82 bits per heavy atom. The van der Waals surface area contributed by atoms with E-state index in [0.717, 1.165) is 11.3 Å². The lowest BCUT2D eigenvalue weighted by Crippen LogP contribution is -2.26. The number of benzene rings is 2. The molecule has 0 fully saturated rings. The molecule has 3 amide bonds. The molecular weight excluding hydrogens is 509 g/mol. The van der Waals surface area contributed by atoms with Crippen molar-refractivity contribution in [1.29, 1.82) is 0 Å². The third-order valence-corrected chi connectivity index (χ3v) is 6.93. The molecule has 1 aliphatic rings. The maximum absolute atomic E-state index is 13.3. The number of halogens is 1. The van der Waals surface area contributed by atoms with Crippen molar-refractivity contribution in [1.82, 2.24) is 20.6 Å². The number of aryl methyl sites for hydroxylation is 1. The first-order valence-corrected chi connectivity index (χ1v) is 12.8. The van der Waals surface area contributed by atoms with Gasteiger partial charge in [0.25, 0.3) is 17.7 Å². The van der Waals surface area contributed by atoms with E-state index in [9.17, 15) is 18.8 Å². The minimum atomic E-state index is -0.345. The number of anilines is 1. The third kappa shape index (κ3) is 5.40. The van der Waals surface area contributed by atoms with E-state index in [4.69, 9.17) is 0 Å². The second kappa shape index (κ2) is 11.0. The van der Waals surface area contributed by atoms with Crippen LogP contribution in [0, 0.1) is 19.7 Å². The summed E-state index contributed by atoms with van der Waals surface area (Å²) in [7, 11) is 0. The van der Waals surface area contributed by atoms with Crippen LogP contribution in [0.3, 0.4) is 0 Å². The molecule has 0 unspecified atom stereocenters. The monoisotopic (exact) mass is 537 g/mol. The summed E-state index contributed by atoms with van der Waals surface area (Å²) in [4.78, 5) is 46.3. The second-order valence-corrected chi connectivity index (χ2v) is 9.69. The molecule has 0 radical (unpaired) electrons. The lowest BCUT2D eigenvalue weighted by atomic mass is 10.0. The first-order valence-electron chi connectivity index (χ1n) is 12.8. The van der Waals surface area contributed by atoms with Gasteiger partial charge < -0.3 is 20.9 Å². The molecule has 0 saturated heterocycles. The maximum atomic E-state index is 13.3. The Morgan fingerprint density at radius 1 is 1.05 bits per heavy atom. The lowest BCUT2D eigenvalue weighted by Gasteiger charge is -2.15. The molecule has 8 nitrogen and oxygen atoms in total. The number of fused-ring (bicyclic) bond motifs is 1. The molecule has 1 atom stereocenters. The molecule has 4 N–H and O–H groups in total. The summed E-state index contributed by atoms with van der Waals surface area (Å²) in [5.74, 6) is -1.22. The van der Waals surface area contributed by atoms with Gasteiger partial charge in [-0.1, -0.05) is 18.2 Å². The van der Waals surface area contributed by atoms with Crippen molar-refractivity contribution < 1.29 is 18.8 Å². The quantitative estimate of drug-likeness (QED) is 0.246. The number of H-pyrrole nitrogens is 1. The summed E-state index contributed by atoms with van der Waals surface area (Å²) in [6, 6.07) is 16.1. The molecule has 40 heavy (non-hydrogen) atoms. The molecule has 0 bridgehead atoms. The summed E-state index contributed by atoms with van der Waals surface area (Å²) in [6.07, 6.45) is 3.37. The van der Waals surface area contributed by atoms with E-state index in [1.807, 2.05) is 32.0 Å². The normalized spacial score (nSPS) is 14.0. The summed E-state index contributed by atoms with van der Waals surface area (Å²) in [5, 5.41) is 8.64. The number of amides is 3. The zero-order chi connectivity index (χ0) is 28.4. The van der Waals surface area contributed by atoms with Gasteiger partial charge in [0.2, 0.25) is 0 Å². The first kappa shape index (κ1) is 26.6. The highest BCUT2D eigenvalue weighted by Gasteiger charge is 2.27. The van der Waals surface area contributed by atoms with Crippen LogP contribution >= 0.6 is 0 Å². The Labute approximate surface area is 230 Å². The molecule has 0 saturated carbocycles. The van der Waals surface area contributed by atoms with Crippen molar-refractivity contribution in [2.75, 3.05) is 5.32 Å². The van der Waals surface area contributed by atoms with Crippen LogP contribution in [-0.4, -0.2) is 27.7 Å². The molecule has 2 aromatic carbocycles. The molecule has 1 aliphatic heterocycles. The van der Waals surface area contributed by atoms with Crippen molar-refractivity contribution in [3.8, 4) is 0 Å². The number of nitrogens with zero attached hydrogens (tertiary/aromatic N) is 1. The Hall–Kier alpha value is -5.05. The fraction of sp³-hybridized carbons (Fsp3) is 0.161. The molecule has 0 spiro atoms. The number of aromatic nitrogens is 2. The van der Waals surface area contributed by atoms with E-state index < -0.39 is 0 Å². The van der Waals surface area contributed by atoms with Crippen molar-refractivity contribution >= 4 is 35.1 Å². The summed E-state index contributed by atoms with van der Waals surface area (Å²) < 4.78 is 13.3. The van der Waals surface area contributed by atoms with Crippen molar-refractivity contribution in [3.63, 3.8) is 0 Å². The van der Waals surface area contributed by atoms with Gasteiger partial charge in [0.1, 0.15) is 5.82 Å². The number of rotatable bonds is 7. The van der Waals surface area contributed by atoms with Crippen LogP contribution in [-0.2, 0) is 11.3 Å². The minimum Gasteiger partial charge on any atom is -0.358 e. The number of hydrogen-bond donors (Lipinski definition) is 4. The van der Waals surface area contributed by atoms with Gasteiger partial charge in [0.15, 0.2) is 0 Å². The van der Waals surface area contributed by atoms with Crippen LogP contribution in [0.25, 0.3) is 11.6 Å². The van der Waals surface area contributed by atoms with Gasteiger partial charge in [-0.05, 0) is 80.4 Å². The van der Waals surface area contributed by atoms with Gasteiger partial charge in [-0.2, -0.15) is 0 Å². The van der Waals surface area contributed by atoms with Crippen LogP contribution in [0.2, 0.25) is 0 Å². The highest BCUT2D eigenvalue weighted by Crippen LogP contribution is 2.35. The van der Waals surface area contributed by atoms with Crippen LogP contribution in [0.5, 0.6) is 0 Å². The number of nitrogens with one attached hydrogen (secondary N) is 4. The first-order chi connectivity index (χ1) is 19.2. The van der Waals surface area contributed by atoms with E-state index in [1.54, 1.807) is 49.5 Å². The van der Waals surface area contributed by atoms with Gasteiger partial charge in [0.05, 0.1) is 29.4 Å². The maximum Gasteiger partial charge on any atom is 0.256 e. The number of aromatic amines is 1. The topological polar surface area (TPSA) is 116 Å². The largest absolute Gasteiger partial charge is 0.358 e. The summed E-state index contributed by atoms with van der Waals surface area (Å²) in [5.41, 5.74) is 5.94. The van der Waals surface area contributed by atoms with E-state index in [-0.39, 0.29) is 29.6 Å². The Bertz CT molecular complexity index is 1640. The van der Waals surface area contributed by atoms with Crippen LogP contribution in [0.1, 0.15) is 67.5 Å². The summed E-state index contributed by atoms with van der Waals surface area (Å²) in [6.45, 7) is 5.73. The molecule has 2 aromatic heterocycles. The van der Waals surface area contributed by atoms with Crippen LogP contribution in [0.15, 0.2) is 66.9 Å². The average Bonchev–Trinajstić information content (AvgIpc) is 3.41. The smallest absolute Gasteiger partial charge is 0.256 e. The van der Waals surface area contributed by atoms with Crippen LogP contribution in [0.4, 0.5) is 10.1 Å². The highest BCUT2D eigenvalue weighted by molar-refractivity contribution is 6.35. The number of pyridine rings is 1. The Balaban J connectivity index is 1.37. The average molecular weight is 538 g/mol. The zero-order valence-corrected chi connectivity index (χ0v) is 22.3. The fourth-order valence-electron chi connectivity index (χ4n) is 4.75. The lowest BCUT2D eigenvalue weighted by molar-refractivity contribution is -0.110. The Morgan fingerprint density at radius 3 is 2.55 bits per heavy atom. The van der Waals surface area contributed by atoms with E-state index in [1.165, 1.54) is 12.1 Å². The summed E-state index contributed by atoms with van der Waals surface area (Å²) >= 11 is 0. The molecular formula is C31H28FN5O3. The predicted molar refractivity (Wildman–Crippen MR) is 151 cm³/mol. The molecule has 0 aliphatic carbocycles. The number of hydrogen-bond acceptors (Lipinski definition) is 4. The van der Waals surface area contributed by atoms with E-state index in [2.05, 4.69) is 25.9 Å². The predicted octanol–water partition coefficient (Wildman–Crippen LogP) is 5.08. The molecule has 3 heterocycles. The van der Waals surface area contributed by atoms with Gasteiger partial charge >= 0.3 is 0 Å². The second-order valence-electron chi connectivity index (χ2n) is 9.69. The van der Waals surface area contributed by atoms with Gasteiger partial charge in [-0.25, -0.2) is 4.39 Å². The van der Waals surface area contributed by atoms with E-state index in [0.29, 0.717) is 51.4 Å². The van der Waals surface area contributed by atoms with Gasteiger partial charge in [-0.15, -0.1) is 0 Å². The molecule has 202 valence electrons. The molecule has 5 rings (SSSR count). The zero-order valence-electron chi connectivity index (χ0n) is 22.3. The number of carbonyl (C=O) groups is 3. The molecule has 9 heteroatoms. The van der Waals surface area contributed by atoms with E-state index >= 15 is 0 Å². The van der Waals surface area contributed by atoms with Gasteiger partial charge in [-0.3, -0.25) is 19.4 Å². The van der Waals surface area contributed by atoms with Crippen molar-refractivity contribution in [3.05, 3.63) is 118 Å². The molecule has 4 aromatic rings. The number of carbonyl (C=O) groups excluding carboxylic acids is 3. The SMILES string of the molecule is Cc1[nH]c(/C=C2\C(=O)Nc3ccc(C(=O)N[C@H](C)c4ccc(F)cc4)cc32)c(C)c1C(=O)NCc1ccccn1. The van der Waals surface area contributed by atoms with Crippen molar-refractivity contribution in [2.45, 2.75) is 33.4 Å². The minimum absolute atomic E-state index is 0.243. The fourth-order valence-corrected chi connectivity index (χ4v) is 4.75. The van der Waals surface area contributed by atoms with Crippen molar-refractivity contribution in [2.24, 2.45) is 0 Å².